The van der Waals surface area contributed by atoms with Crippen molar-refractivity contribution in [3.05, 3.63) is 53.6 Å². The van der Waals surface area contributed by atoms with E-state index in [1.54, 1.807) is 6.20 Å². The van der Waals surface area contributed by atoms with Gasteiger partial charge in [-0.05, 0) is 50.8 Å². The van der Waals surface area contributed by atoms with Crippen molar-refractivity contribution in [2.45, 2.75) is 64.3 Å². The highest BCUT2D eigenvalue weighted by Crippen LogP contribution is 2.32. The lowest BCUT2D eigenvalue weighted by atomic mass is 9.76. The summed E-state index contributed by atoms with van der Waals surface area (Å²) in [6, 6.07) is 8.77. The summed E-state index contributed by atoms with van der Waals surface area (Å²) >= 11 is 0. The van der Waals surface area contributed by atoms with Crippen LogP contribution in [-0.4, -0.2) is 28.2 Å². The van der Waals surface area contributed by atoms with E-state index < -0.39 is 0 Å². The second kappa shape index (κ2) is 8.63. The average molecular weight is 344 g/mol. The number of aryl methyl sites for hydroxylation is 1. The monoisotopic (exact) mass is 343 g/mol. The first kappa shape index (κ1) is 19.7. The highest BCUT2D eigenvalue weighted by atomic mass is 16.3. The standard InChI is InChI=1S/C21H33N3O/c1-5-21(6-2,16-25)18-11-9-17(10-12-18)20(3,4)24-13-7-8-19-22-14-15-23-19/h9-12,14-15,24-25H,5-8,13,16H2,1-4H3,(H,22,23). The molecule has 1 aromatic heterocycles. The zero-order valence-corrected chi connectivity index (χ0v) is 16.1. The predicted molar refractivity (Wildman–Crippen MR) is 104 cm³/mol. The number of aliphatic hydroxyl groups is 1. The number of rotatable bonds is 10. The number of benzene rings is 1. The highest BCUT2D eigenvalue weighted by molar-refractivity contribution is 5.32. The maximum atomic E-state index is 9.86. The Balaban J connectivity index is 1.96. The number of imidazole rings is 1. The summed E-state index contributed by atoms with van der Waals surface area (Å²) < 4.78 is 0. The molecule has 1 heterocycles. The van der Waals surface area contributed by atoms with Crippen molar-refractivity contribution in [3.8, 4) is 0 Å². The van der Waals surface area contributed by atoms with Crippen molar-refractivity contribution < 1.29 is 5.11 Å². The number of nitrogens with zero attached hydrogens (tertiary/aromatic N) is 1. The first-order valence-corrected chi connectivity index (χ1v) is 9.42. The summed E-state index contributed by atoms with van der Waals surface area (Å²) in [7, 11) is 0. The summed E-state index contributed by atoms with van der Waals surface area (Å²) in [5, 5.41) is 13.5. The Morgan fingerprint density at radius 1 is 1.08 bits per heavy atom. The number of aliphatic hydroxyl groups excluding tert-OH is 1. The lowest BCUT2D eigenvalue weighted by Gasteiger charge is -2.32. The smallest absolute Gasteiger partial charge is 0.106 e. The van der Waals surface area contributed by atoms with Crippen LogP contribution in [-0.2, 0) is 17.4 Å². The molecule has 0 unspecified atom stereocenters. The zero-order chi connectivity index (χ0) is 18.3. The number of hydrogen-bond acceptors (Lipinski definition) is 3. The van der Waals surface area contributed by atoms with Crippen molar-refractivity contribution in [1.82, 2.24) is 15.3 Å². The van der Waals surface area contributed by atoms with Crippen molar-refractivity contribution in [2.75, 3.05) is 13.2 Å². The van der Waals surface area contributed by atoms with Crippen LogP contribution < -0.4 is 5.32 Å². The van der Waals surface area contributed by atoms with Gasteiger partial charge in [0, 0.05) is 29.8 Å². The van der Waals surface area contributed by atoms with Gasteiger partial charge in [-0.25, -0.2) is 4.98 Å². The molecule has 0 saturated heterocycles. The van der Waals surface area contributed by atoms with E-state index in [-0.39, 0.29) is 17.6 Å². The predicted octanol–water partition coefficient (Wildman–Crippen LogP) is 3.92. The van der Waals surface area contributed by atoms with Gasteiger partial charge in [0.25, 0.3) is 0 Å². The van der Waals surface area contributed by atoms with E-state index in [2.05, 4.69) is 67.2 Å². The molecule has 0 spiro atoms. The molecule has 0 amide bonds. The molecule has 0 fully saturated rings. The van der Waals surface area contributed by atoms with Crippen LogP contribution >= 0.6 is 0 Å². The number of hydrogen-bond donors (Lipinski definition) is 3. The maximum absolute atomic E-state index is 9.86. The first-order chi connectivity index (χ1) is 12.0. The molecule has 1 aromatic carbocycles. The fourth-order valence-corrected chi connectivity index (χ4v) is 3.41. The van der Waals surface area contributed by atoms with Gasteiger partial charge >= 0.3 is 0 Å². The second-order valence-corrected chi connectivity index (χ2v) is 7.41. The van der Waals surface area contributed by atoms with Crippen LogP contribution in [0.1, 0.15) is 63.9 Å². The normalized spacial score (nSPS) is 12.5. The van der Waals surface area contributed by atoms with E-state index in [1.165, 1.54) is 11.1 Å². The molecule has 138 valence electrons. The van der Waals surface area contributed by atoms with Crippen LogP contribution in [0.15, 0.2) is 36.7 Å². The zero-order valence-electron chi connectivity index (χ0n) is 16.1. The first-order valence-electron chi connectivity index (χ1n) is 9.42. The van der Waals surface area contributed by atoms with Gasteiger partial charge < -0.3 is 15.4 Å². The van der Waals surface area contributed by atoms with Crippen molar-refractivity contribution >= 4 is 0 Å². The molecule has 4 heteroatoms. The Kier molecular flexibility index (Phi) is 6.79. The Bertz CT molecular complexity index is 605. The quantitative estimate of drug-likeness (QED) is 0.573. The van der Waals surface area contributed by atoms with E-state index in [1.807, 2.05) is 6.20 Å². The largest absolute Gasteiger partial charge is 0.395 e. The number of nitrogens with one attached hydrogen (secondary N) is 2. The number of aromatic nitrogens is 2. The minimum Gasteiger partial charge on any atom is -0.395 e. The van der Waals surface area contributed by atoms with E-state index in [9.17, 15) is 5.11 Å². The molecule has 2 aromatic rings. The van der Waals surface area contributed by atoms with Gasteiger partial charge in [-0.1, -0.05) is 38.1 Å². The van der Waals surface area contributed by atoms with Gasteiger partial charge in [-0.2, -0.15) is 0 Å². The third-order valence-corrected chi connectivity index (χ3v) is 5.59. The highest BCUT2D eigenvalue weighted by Gasteiger charge is 2.28. The van der Waals surface area contributed by atoms with Crippen molar-refractivity contribution in [2.24, 2.45) is 0 Å². The fourth-order valence-electron chi connectivity index (χ4n) is 3.41. The Labute approximate surface area is 152 Å². The Morgan fingerprint density at radius 3 is 2.24 bits per heavy atom. The van der Waals surface area contributed by atoms with Gasteiger partial charge in [0.2, 0.25) is 0 Å². The molecular weight excluding hydrogens is 310 g/mol. The number of aromatic amines is 1. The van der Waals surface area contributed by atoms with Gasteiger partial charge in [0.15, 0.2) is 0 Å². The van der Waals surface area contributed by atoms with Gasteiger partial charge in [0.1, 0.15) is 5.82 Å². The van der Waals surface area contributed by atoms with E-state index in [0.29, 0.717) is 0 Å². The third-order valence-electron chi connectivity index (χ3n) is 5.59. The van der Waals surface area contributed by atoms with Crippen molar-refractivity contribution in [1.29, 1.82) is 0 Å². The van der Waals surface area contributed by atoms with E-state index in [4.69, 9.17) is 0 Å². The van der Waals surface area contributed by atoms with E-state index >= 15 is 0 Å². The van der Waals surface area contributed by atoms with Crippen LogP contribution in [0.5, 0.6) is 0 Å². The molecule has 2 rings (SSSR count). The van der Waals surface area contributed by atoms with Crippen LogP contribution in [0.3, 0.4) is 0 Å². The maximum Gasteiger partial charge on any atom is 0.106 e. The molecule has 4 nitrogen and oxygen atoms in total. The van der Waals surface area contributed by atoms with Crippen LogP contribution in [0.4, 0.5) is 0 Å². The lowest BCUT2D eigenvalue weighted by Crippen LogP contribution is -2.37. The summed E-state index contributed by atoms with van der Waals surface area (Å²) in [6.45, 7) is 9.88. The summed E-state index contributed by atoms with van der Waals surface area (Å²) in [4.78, 5) is 7.41. The SMILES string of the molecule is CCC(CC)(CO)c1ccc(C(C)(C)NCCCc2ncc[nH]2)cc1. The average Bonchev–Trinajstić information content (AvgIpc) is 3.15. The van der Waals surface area contributed by atoms with Crippen LogP contribution in [0.2, 0.25) is 0 Å². The van der Waals surface area contributed by atoms with Gasteiger partial charge in [-0.15, -0.1) is 0 Å². The Morgan fingerprint density at radius 2 is 1.72 bits per heavy atom. The topological polar surface area (TPSA) is 60.9 Å². The van der Waals surface area contributed by atoms with E-state index in [0.717, 1.165) is 38.1 Å². The minimum absolute atomic E-state index is 0.0814. The molecule has 0 radical (unpaired) electrons. The summed E-state index contributed by atoms with van der Waals surface area (Å²) in [5.74, 6) is 1.04. The third kappa shape index (κ3) is 4.71. The van der Waals surface area contributed by atoms with Crippen LogP contribution in [0, 0.1) is 0 Å². The van der Waals surface area contributed by atoms with Crippen molar-refractivity contribution in [3.63, 3.8) is 0 Å². The molecule has 0 bridgehead atoms. The molecular formula is C21H33N3O. The lowest BCUT2D eigenvalue weighted by molar-refractivity contribution is 0.183. The summed E-state index contributed by atoms with van der Waals surface area (Å²) in [5.41, 5.74) is 2.31. The molecule has 0 aliphatic rings. The molecule has 3 N–H and O–H groups in total. The molecule has 0 aliphatic carbocycles. The molecule has 0 aliphatic heterocycles. The minimum atomic E-state index is -0.112. The molecule has 0 saturated carbocycles. The number of H-pyrrole nitrogens is 1. The second-order valence-electron chi connectivity index (χ2n) is 7.41. The molecule has 0 atom stereocenters. The molecule has 25 heavy (non-hydrogen) atoms. The van der Waals surface area contributed by atoms with Gasteiger partial charge in [0.05, 0.1) is 6.61 Å². The van der Waals surface area contributed by atoms with Crippen LogP contribution in [0.25, 0.3) is 0 Å². The fraction of sp³-hybridized carbons (Fsp3) is 0.571. The summed E-state index contributed by atoms with van der Waals surface area (Å²) in [6.07, 6.45) is 7.58. The Hall–Kier alpha value is -1.65. The van der Waals surface area contributed by atoms with Gasteiger partial charge in [-0.3, -0.25) is 0 Å².